The topological polar surface area (TPSA) is 0 Å². The highest BCUT2D eigenvalue weighted by Gasteiger charge is 2.62. The second-order valence-corrected chi connectivity index (χ2v) is 2.51. The summed E-state index contributed by atoms with van der Waals surface area (Å²) in [6, 6.07) is 0. The summed E-state index contributed by atoms with van der Waals surface area (Å²) in [5, 5.41) is -2.74. The van der Waals surface area contributed by atoms with Crippen LogP contribution in [0.3, 0.4) is 0 Å². The summed E-state index contributed by atoms with van der Waals surface area (Å²) in [5.41, 5.74) is 0. The standard InChI is InChI=1S/C4H4ClF3/c5-3(6)1-2-4(3,7)8/h1-2H2/t3-/m0/s1. The zero-order chi connectivity index (χ0) is 6.41. The van der Waals surface area contributed by atoms with E-state index < -0.39 is 17.5 Å². The molecule has 1 fully saturated rings. The molecular formula is C4H4ClF3. The van der Waals surface area contributed by atoms with Gasteiger partial charge in [-0.25, -0.2) is 13.2 Å². The minimum Gasteiger partial charge on any atom is -0.220 e. The van der Waals surface area contributed by atoms with Gasteiger partial charge >= 0.3 is 0 Å². The fraction of sp³-hybridized carbons (Fsp3) is 1.00. The molecule has 8 heavy (non-hydrogen) atoms. The van der Waals surface area contributed by atoms with Gasteiger partial charge in [0.15, 0.2) is 0 Å². The first kappa shape index (κ1) is 6.20. The lowest BCUT2D eigenvalue weighted by Crippen LogP contribution is -2.49. The van der Waals surface area contributed by atoms with E-state index in [4.69, 9.17) is 0 Å². The maximum absolute atomic E-state index is 12.0. The molecule has 0 amide bonds. The first-order valence-corrected chi connectivity index (χ1v) is 2.59. The first-order chi connectivity index (χ1) is 3.46. The van der Waals surface area contributed by atoms with E-state index in [1.54, 1.807) is 0 Å². The molecule has 0 bridgehead atoms. The summed E-state index contributed by atoms with van der Waals surface area (Å²) in [6.07, 6.45) is -0.658. The molecule has 0 aromatic carbocycles. The predicted octanol–water partition coefficient (Wildman–Crippen LogP) is 2.32. The van der Waals surface area contributed by atoms with Gasteiger partial charge in [-0.1, -0.05) is 11.6 Å². The maximum Gasteiger partial charge on any atom is 0.295 e. The lowest BCUT2D eigenvalue weighted by molar-refractivity contribution is -0.166. The van der Waals surface area contributed by atoms with Gasteiger partial charge in [-0.3, -0.25) is 0 Å². The van der Waals surface area contributed by atoms with Crippen molar-refractivity contribution in [1.82, 2.24) is 0 Å². The van der Waals surface area contributed by atoms with Crippen LogP contribution >= 0.6 is 11.6 Å². The molecule has 48 valence electrons. The van der Waals surface area contributed by atoms with Crippen LogP contribution in [0.2, 0.25) is 0 Å². The van der Waals surface area contributed by atoms with Crippen molar-refractivity contribution in [2.75, 3.05) is 0 Å². The SMILES string of the molecule is FC1(F)CC[C@@]1(F)Cl. The molecule has 0 aromatic heterocycles. The van der Waals surface area contributed by atoms with Crippen LogP contribution < -0.4 is 0 Å². The Bertz CT molecular complexity index is 95.9. The van der Waals surface area contributed by atoms with E-state index in [2.05, 4.69) is 11.6 Å². The zero-order valence-corrected chi connectivity index (χ0v) is 4.68. The van der Waals surface area contributed by atoms with E-state index in [1.165, 1.54) is 0 Å². The van der Waals surface area contributed by atoms with Crippen LogP contribution in [-0.4, -0.2) is 11.1 Å². The van der Waals surface area contributed by atoms with Gasteiger partial charge in [0, 0.05) is 12.8 Å². The third-order valence-corrected chi connectivity index (χ3v) is 1.75. The lowest BCUT2D eigenvalue weighted by Gasteiger charge is -2.37. The van der Waals surface area contributed by atoms with Crippen LogP contribution in [0.1, 0.15) is 12.8 Å². The molecule has 1 aliphatic rings. The van der Waals surface area contributed by atoms with Crippen molar-refractivity contribution in [1.29, 1.82) is 0 Å². The number of hydrogen-bond acceptors (Lipinski definition) is 0. The van der Waals surface area contributed by atoms with Crippen LogP contribution in [0.15, 0.2) is 0 Å². The molecule has 0 N–H and O–H groups in total. The van der Waals surface area contributed by atoms with Gasteiger partial charge in [-0.2, -0.15) is 0 Å². The number of alkyl halides is 4. The quantitative estimate of drug-likeness (QED) is 0.458. The molecule has 1 saturated carbocycles. The van der Waals surface area contributed by atoms with Crippen LogP contribution in [0.4, 0.5) is 13.2 Å². The minimum absolute atomic E-state index is 0.235. The normalized spacial score (nSPS) is 43.5. The van der Waals surface area contributed by atoms with E-state index in [9.17, 15) is 13.2 Å². The fourth-order valence-electron chi connectivity index (χ4n) is 0.503. The monoisotopic (exact) mass is 144 g/mol. The fourth-order valence-corrected chi connectivity index (χ4v) is 0.692. The minimum atomic E-state index is -3.28. The second kappa shape index (κ2) is 1.32. The molecule has 0 aromatic rings. The Kier molecular flexibility index (Phi) is 1.02. The zero-order valence-electron chi connectivity index (χ0n) is 3.93. The number of rotatable bonds is 0. The van der Waals surface area contributed by atoms with Crippen molar-refractivity contribution in [3.8, 4) is 0 Å². The van der Waals surface area contributed by atoms with E-state index >= 15 is 0 Å². The van der Waals surface area contributed by atoms with E-state index in [-0.39, 0.29) is 6.42 Å². The summed E-state index contributed by atoms with van der Waals surface area (Å²) >= 11 is 4.68. The molecular weight excluding hydrogens is 140 g/mol. The third-order valence-electron chi connectivity index (χ3n) is 1.29. The molecule has 1 rings (SSSR count). The third kappa shape index (κ3) is 0.607. The van der Waals surface area contributed by atoms with Gasteiger partial charge in [-0.05, 0) is 0 Å². The molecule has 0 saturated heterocycles. The highest BCUT2D eigenvalue weighted by molar-refractivity contribution is 6.24. The largest absolute Gasteiger partial charge is 0.295 e. The molecule has 0 nitrogen and oxygen atoms in total. The van der Waals surface area contributed by atoms with Gasteiger partial charge in [0.25, 0.3) is 5.92 Å². The summed E-state index contributed by atoms with van der Waals surface area (Å²) in [6.45, 7) is 0. The highest BCUT2D eigenvalue weighted by Crippen LogP contribution is 2.52. The average molecular weight is 145 g/mol. The first-order valence-electron chi connectivity index (χ1n) is 2.21. The molecule has 0 unspecified atom stereocenters. The molecule has 0 heterocycles. The summed E-state index contributed by atoms with van der Waals surface area (Å²) in [4.78, 5) is 0. The Morgan fingerprint density at radius 3 is 1.50 bits per heavy atom. The Hall–Kier alpha value is 0.0800. The van der Waals surface area contributed by atoms with E-state index in [0.717, 1.165) is 0 Å². The summed E-state index contributed by atoms with van der Waals surface area (Å²) < 4.78 is 35.6. The molecule has 0 radical (unpaired) electrons. The van der Waals surface area contributed by atoms with Gasteiger partial charge in [-0.15, -0.1) is 0 Å². The average Bonchev–Trinajstić information content (AvgIpc) is 1.64. The van der Waals surface area contributed by atoms with Gasteiger partial charge in [0.1, 0.15) is 0 Å². The van der Waals surface area contributed by atoms with Crippen molar-refractivity contribution in [2.24, 2.45) is 0 Å². The number of halogens is 4. The summed E-state index contributed by atoms with van der Waals surface area (Å²) in [5.74, 6) is -3.28. The Morgan fingerprint density at radius 2 is 1.50 bits per heavy atom. The van der Waals surface area contributed by atoms with Gasteiger partial charge in [0.05, 0.1) is 0 Å². The lowest BCUT2D eigenvalue weighted by atomic mass is 9.92. The van der Waals surface area contributed by atoms with Crippen molar-refractivity contribution in [3.63, 3.8) is 0 Å². The van der Waals surface area contributed by atoms with Crippen molar-refractivity contribution >= 4 is 11.6 Å². The smallest absolute Gasteiger partial charge is 0.220 e. The molecule has 1 aliphatic carbocycles. The van der Waals surface area contributed by atoms with Crippen molar-refractivity contribution < 1.29 is 13.2 Å². The Morgan fingerprint density at radius 1 is 1.12 bits per heavy atom. The molecule has 4 heteroatoms. The van der Waals surface area contributed by atoms with Gasteiger partial charge in [0.2, 0.25) is 5.13 Å². The van der Waals surface area contributed by atoms with E-state index in [0.29, 0.717) is 0 Å². The molecule has 0 spiro atoms. The summed E-state index contributed by atoms with van der Waals surface area (Å²) in [7, 11) is 0. The Labute approximate surface area is 49.6 Å². The van der Waals surface area contributed by atoms with Crippen LogP contribution in [-0.2, 0) is 0 Å². The van der Waals surface area contributed by atoms with Gasteiger partial charge < -0.3 is 0 Å². The second-order valence-electron chi connectivity index (χ2n) is 1.91. The van der Waals surface area contributed by atoms with Crippen LogP contribution in [0.5, 0.6) is 0 Å². The molecule has 0 aliphatic heterocycles. The predicted molar refractivity (Wildman–Crippen MR) is 23.9 cm³/mol. The maximum atomic E-state index is 12.0. The van der Waals surface area contributed by atoms with Crippen LogP contribution in [0.25, 0.3) is 0 Å². The Balaban J connectivity index is 2.63. The highest BCUT2D eigenvalue weighted by atomic mass is 35.5. The van der Waals surface area contributed by atoms with Crippen LogP contribution in [0, 0.1) is 0 Å². The van der Waals surface area contributed by atoms with Crippen molar-refractivity contribution in [2.45, 2.75) is 23.9 Å². The van der Waals surface area contributed by atoms with E-state index in [1.807, 2.05) is 0 Å². The number of hydrogen-bond donors (Lipinski definition) is 0. The molecule has 1 atom stereocenters. The van der Waals surface area contributed by atoms with Crippen molar-refractivity contribution in [3.05, 3.63) is 0 Å².